The number of rotatable bonds is 4. The lowest BCUT2D eigenvalue weighted by atomic mass is 10.2. The molecule has 94 valence electrons. The molecule has 0 saturated heterocycles. The number of hydrogen-bond donors (Lipinski definition) is 2. The third kappa shape index (κ3) is 2.85. The Bertz CT molecular complexity index is 409. The first-order valence-corrected chi connectivity index (χ1v) is 5.19. The summed E-state index contributed by atoms with van der Waals surface area (Å²) in [7, 11) is 3.04. The van der Waals surface area contributed by atoms with Gasteiger partial charge in [-0.3, -0.25) is 0 Å². The quantitative estimate of drug-likeness (QED) is 0.733. The van der Waals surface area contributed by atoms with E-state index in [1.165, 1.54) is 13.2 Å². The van der Waals surface area contributed by atoms with Crippen LogP contribution in [0.2, 0.25) is 0 Å². The summed E-state index contributed by atoms with van der Waals surface area (Å²) in [6, 6.07) is 2.95. The summed E-state index contributed by atoms with van der Waals surface area (Å²) < 4.78 is 4.59. The van der Waals surface area contributed by atoms with Gasteiger partial charge in [-0.2, -0.15) is 0 Å². The van der Waals surface area contributed by atoms with Gasteiger partial charge < -0.3 is 20.5 Å². The minimum Gasteiger partial charge on any atom is -0.464 e. The summed E-state index contributed by atoms with van der Waals surface area (Å²) in [6.45, 7) is 1.80. The van der Waals surface area contributed by atoms with Gasteiger partial charge in [0.25, 0.3) is 0 Å². The van der Waals surface area contributed by atoms with Crippen molar-refractivity contribution in [3.8, 4) is 0 Å². The predicted molar refractivity (Wildman–Crippen MR) is 64.9 cm³/mol. The number of methoxy groups -OCH3 is 1. The van der Waals surface area contributed by atoms with Crippen LogP contribution >= 0.6 is 0 Å². The molecule has 0 aromatic carbocycles. The molecule has 0 spiro atoms. The third-order valence-electron chi connectivity index (χ3n) is 2.56. The van der Waals surface area contributed by atoms with Crippen molar-refractivity contribution in [3.05, 3.63) is 17.8 Å². The highest BCUT2D eigenvalue weighted by Crippen LogP contribution is 2.21. The molecule has 3 N–H and O–H groups in total. The van der Waals surface area contributed by atoms with Gasteiger partial charge in [0.1, 0.15) is 0 Å². The molecule has 1 rings (SSSR count). The van der Waals surface area contributed by atoms with E-state index in [2.05, 4.69) is 9.72 Å². The van der Waals surface area contributed by atoms with Crippen LogP contribution in [0.4, 0.5) is 11.5 Å². The molecule has 6 heteroatoms. The van der Waals surface area contributed by atoms with Gasteiger partial charge in [0.15, 0.2) is 11.5 Å². The second-order valence-corrected chi connectivity index (χ2v) is 3.74. The van der Waals surface area contributed by atoms with E-state index in [0.717, 1.165) is 0 Å². The maximum atomic E-state index is 11.3. The number of carbonyl (C=O) groups is 1. The Morgan fingerprint density at radius 1 is 1.65 bits per heavy atom. The fourth-order valence-corrected chi connectivity index (χ4v) is 1.29. The third-order valence-corrected chi connectivity index (χ3v) is 2.56. The topological polar surface area (TPSA) is 88.7 Å². The molecule has 1 unspecified atom stereocenters. The fraction of sp³-hybridized carbons (Fsp3) is 0.455. The van der Waals surface area contributed by atoms with Crippen LogP contribution < -0.4 is 10.6 Å². The van der Waals surface area contributed by atoms with Gasteiger partial charge >= 0.3 is 5.97 Å². The molecule has 1 heterocycles. The number of ether oxygens (including phenoxy) is 1. The number of likely N-dealkylation sites (N-methyl/N-ethyl adjacent to an activating group) is 1. The van der Waals surface area contributed by atoms with Crippen molar-refractivity contribution in [2.75, 3.05) is 31.4 Å². The number of esters is 1. The number of anilines is 2. The molecule has 1 aromatic rings. The molecular formula is C11H17N3O3. The van der Waals surface area contributed by atoms with E-state index in [4.69, 9.17) is 10.8 Å². The molecule has 1 aromatic heterocycles. The second kappa shape index (κ2) is 5.49. The molecule has 0 aliphatic carbocycles. The van der Waals surface area contributed by atoms with E-state index in [9.17, 15) is 4.79 Å². The molecule has 0 aliphatic heterocycles. The summed E-state index contributed by atoms with van der Waals surface area (Å²) in [5, 5.41) is 9.08. The number of aliphatic hydroxyl groups excluding tert-OH is 1. The number of nitrogens with two attached hydrogens (primary N) is 1. The van der Waals surface area contributed by atoms with Crippen LogP contribution in [-0.2, 0) is 4.74 Å². The standard InChI is InChI=1S/C11H17N3O3/c1-7(6-15)14(2)10-8(12)4-5-9(13-10)11(16)17-3/h4-5,7,15H,6,12H2,1-3H3. The number of nitrogen functional groups attached to an aromatic ring is 1. The lowest BCUT2D eigenvalue weighted by molar-refractivity contribution is 0.0594. The lowest BCUT2D eigenvalue weighted by Crippen LogP contribution is -2.33. The minimum absolute atomic E-state index is 0.0277. The van der Waals surface area contributed by atoms with E-state index >= 15 is 0 Å². The zero-order chi connectivity index (χ0) is 13.0. The van der Waals surface area contributed by atoms with Crippen LogP contribution in [-0.4, -0.2) is 42.9 Å². The van der Waals surface area contributed by atoms with Crippen LogP contribution in [0.25, 0.3) is 0 Å². The monoisotopic (exact) mass is 239 g/mol. The van der Waals surface area contributed by atoms with Gasteiger partial charge in [0, 0.05) is 7.05 Å². The van der Waals surface area contributed by atoms with Crippen molar-refractivity contribution in [3.63, 3.8) is 0 Å². The molecule has 17 heavy (non-hydrogen) atoms. The SMILES string of the molecule is COC(=O)c1ccc(N)c(N(C)C(C)CO)n1. The Morgan fingerprint density at radius 3 is 2.82 bits per heavy atom. The molecule has 1 atom stereocenters. The number of aromatic nitrogens is 1. The maximum Gasteiger partial charge on any atom is 0.356 e. The van der Waals surface area contributed by atoms with Gasteiger partial charge in [-0.05, 0) is 19.1 Å². The van der Waals surface area contributed by atoms with Crippen molar-refractivity contribution in [2.24, 2.45) is 0 Å². The van der Waals surface area contributed by atoms with Crippen LogP contribution in [0, 0.1) is 0 Å². The van der Waals surface area contributed by atoms with Crippen LogP contribution in [0.3, 0.4) is 0 Å². The Labute approximate surface area is 100 Å². The summed E-state index contributed by atoms with van der Waals surface area (Å²) in [6.07, 6.45) is 0. The average Bonchev–Trinajstić information content (AvgIpc) is 2.36. The first-order valence-electron chi connectivity index (χ1n) is 5.19. The molecule has 0 radical (unpaired) electrons. The van der Waals surface area contributed by atoms with E-state index in [1.54, 1.807) is 18.0 Å². The number of aliphatic hydroxyl groups is 1. The molecular weight excluding hydrogens is 222 g/mol. The number of hydrogen-bond acceptors (Lipinski definition) is 6. The smallest absolute Gasteiger partial charge is 0.356 e. The highest BCUT2D eigenvalue weighted by molar-refractivity contribution is 5.88. The van der Waals surface area contributed by atoms with E-state index in [0.29, 0.717) is 11.5 Å². The summed E-state index contributed by atoms with van der Waals surface area (Å²) in [5.41, 5.74) is 6.42. The molecule has 0 aliphatic rings. The van der Waals surface area contributed by atoms with Crippen molar-refractivity contribution in [1.82, 2.24) is 4.98 Å². The molecule has 0 amide bonds. The first kappa shape index (κ1) is 13.2. The summed E-state index contributed by atoms with van der Waals surface area (Å²) in [4.78, 5) is 17.2. The van der Waals surface area contributed by atoms with Crippen molar-refractivity contribution in [2.45, 2.75) is 13.0 Å². The molecule has 6 nitrogen and oxygen atoms in total. The average molecular weight is 239 g/mol. The normalized spacial score (nSPS) is 12.0. The molecule has 0 saturated carbocycles. The van der Waals surface area contributed by atoms with Gasteiger partial charge in [0.05, 0.1) is 25.4 Å². The highest BCUT2D eigenvalue weighted by Gasteiger charge is 2.16. The summed E-state index contributed by atoms with van der Waals surface area (Å²) >= 11 is 0. The zero-order valence-corrected chi connectivity index (χ0v) is 10.2. The Morgan fingerprint density at radius 2 is 2.29 bits per heavy atom. The van der Waals surface area contributed by atoms with Gasteiger partial charge in [-0.15, -0.1) is 0 Å². The summed E-state index contributed by atoms with van der Waals surface area (Å²) in [5.74, 6) is -0.0641. The molecule has 0 bridgehead atoms. The number of pyridine rings is 1. The second-order valence-electron chi connectivity index (χ2n) is 3.74. The Balaban J connectivity index is 3.10. The van der Waals surface area contributed by atoms with E-state index in [-0.39, 0.29) is 18.3 Å². The first-order chi connectivity index (χ1) is 8.01. The fourth-order valence-electron chi connectivity index (χ4n) is 1.29. The van der Waals surface area contributed by atoms with Gasteiger partial charge in [0.2, 0.25) is 0 Å². The number of carbonyl (C=O) groups excluding carboxylic acids is 1. The van der Waals surface area contributed by atoms with Crippen molar-refractivity contribution >= 4 is 17.5 Å². The largest absolute Gasteiger partial charge is 0.464 e. The van der Waals surface area contributed by atoms with E-state index in [1.807, 2.05) is 6.92 Å². The Kier molecular flexibility index (Phi) is 4.28. The number of nitrogens with zero attached hydrogens (tertiary/aromatic N) is 2. The minimum atomic E-state index is -0.517. The van der Waals surface area contributed by atoms with Crippen molar-refractivity contribution in [1.29, 1.82) is 0 Å². The Hall–Kier alpha value is -1.82. The van der Waals surface area contributed by atoms with Crippen LogP contribution in [0.15, 0.2) is 12.1 Å². The zero-order valence-electron chi connectivity index (χ0n) is 10.2. The van der Waals surface area contributed by atoms with Crippen LogP contribution in [0.1, 0.15) is 17.4 Å². The van der Waals surface area contributed by atoms with Gasteiger partial charge in [-0.25, -0.2) is 9.78 Å². The lowest BCUT2D eigenvalue weighted by Gasteiger charge is -2.25. The van der Waals surface area contributed by atoms with Gasteiger partial charge in [-0.1, -0.05) is 0 Å². The van der Waals surface area contributed by atoms with Crippen LogP contribution in [0.5, 0.6) is 0 Å². The predicted octanol–water partition coefficient (Wildman–Crippen LogP) is 0.267. The van der Waals surface area contributed by atoms with Crippen molar-refractivity contribution < 1.29 is 14.6 Å². The van der Waals surface area contributed by atoms with E-state index < -0.39 is 5.97 Å². The highest BCUT2D eigenvalue weighted by atomic mass is 16.5. The molecule has 0 fully saturated rings. The maximum absolute atomic E-state index is 11.3.